The van der Waals surface area contributed by atoms with Crippen molar-refractivity contribution in [1.29, 1.82) is 0 Å². The average molecular weight is 344 g/mol. The second-order valence-corrected chi connectivity index (χ2v) is 6.82. The number of aromatic nitrogens is 1. The lowest BCUT2D eigenvalue weighted by atomic mass is 10.1. The molecule has 0 aliphatic rings. The minimum atomic E-state index is 1.05. The van der Waals surface area contributed by atoms with Crippen molar-refractivity contribution in [2.45, 2.75) is 13.8 Å². The van der Waals surface area contributed by atoms with Gasteiger partial charge in [-0.25, -0.2) is 4.98 Å². The highest BCUT2D eigenvalue weighted by Crippen LogP contribution is 2.26. The minimum absolute atomic E-state index is 1.05. The van der Waals surface area contributed by atoms with E-state index in [9.17, 15) is 0 Å². The van der Waals surface area contributed by atoms with Gasteiger partial charge in [-0.2, -0.15) is 0 Å². The molecule has 1 aromatic heterocycles. The Morgan fingerprint density at radius 3 is 2.65 bits per heavy atom. The van der Waals surface area contributed by atoms with E-state index in [1.807, 2.05) is 12.1 Å². The zero-order valence-electron chi connectivity index (χ0n) is 11.4. The Balaban J connectivity index is 1.95. The summed E-state index contributed by atoms with van der Waals surface area (Å²) < 4.78 is 2.34. The monoisotopic (exact) mass is 343 g/mol. The number of thiazole rings is 1. The fourth-order valence-corrected chi connectivity index (χ4v) is 3.41. The summed E-state index contributed by atoms with van der Waals surface area (Å²) in [7, 11) is 0. The van der Waals surface area contributed by atoms with Gasteiger partial charge < -0.3 is 0 Å². The van der Waals surface area contributed by atoms with E-state index in [1.54, 1.807) is 11.3 Å². The zero-order valence-corrected chi connectivity index (χ0v) is 13.8. The Hall–Kier alpha value is -1.45. The largest absolute Gasteiger partial charge is 0.237 e. The van der Waals surface area contributed by atoms with Crippen molar-refractivity contribution < 1.29 is 0 Å². The first-order valence-corrected chi connectivity index (χ1v) is 8.04. The molecule has 1 heterocycles. The first kappa shape index (κ1) is 13.5. The Morgan fingerprint density at radius 2 is 1.85 bits per heavy atom. The van der Waals surface area contributed by atoms with Crippen LogP contribution in [0.2, 0.25) is 0 Å². The maximum atomic E-state index is 4.67. The quantitative estimate of drug-likeness (QED) is 0.569. The molecule has 3 heteroatoms. The molecule has 3 aromatic rings. The summed E-state index contributed by atoms with van der Waals surface area (Å²) in [5.41, 5.74) is 4.88. The molecule has 3 rings (SSSR count). The third-order valence-electron chi connectivity index (χ3n) is 3.29. The van der Waals surface area contributed by atoms with Gasteiger partial charge in [0.05, 0.1) is 10.2 Å². The lowest BCUT2D eigenvalue weighted by Gasteiger charge is -1.96. The van der Waals surface area contributed by atoms with Crippen LogP contribution in [0, 0.1) is 13.8 Å². The number of benzene rings is 2. The number of hydrogen-bond acceptors (Lipinski definition) is 2. The number of nitrogens with zero attached hydrogens (tertiary/aromatic N) is 1. The van der Waals surface area contributed by atoms with Gasteiger partial charge in [0, 0.05) is 4.47 Å². The molecule has 0 unspecified atom stereocenters. The Kier molecular flexibility index (Phi) is 3.72. The summed E-state index contributed by atoms with van der Waals surface area (Å²) >= 11 is 5.22. The van der Waals surface area contributed by atoms with Gasteiger partial charge in [-0.15, -0.1) is 11.3 Å². The van der Waals surface area contributed by atoms with Crippen molar-refractivity contribution in [3.8, 4) is 0 Å². The third-order valence-corrected chi connectivity index (χ3v) is 4.76. The lowest BCUT2D eigenvalue weighted by molar-refractivity contribution is 1.35. The van der Waals surface area contributed by atoms with E-state index in [0.717, 1.165) is 15.0 Å². The number of aryl methyl sites for hydroxylation is 2. The SMILES string of the molecule is Cc1cc2nc(C=Cc3cccc(Br)c3)sc2cc1C. The predicted octanol–water partition coefficient (Wildman–Crippen LogP) is 5.85. The van der Waals surface area contributed by atoms with Gasteiger partial charge >= 0.3 is 0 Å². The molecule has 0 amide bonds. The number of halogens is 1. The summed E-state index contributed by atoms with van der Waals surface area (Å²) in [5.74, 6) is 0. The molecular weight excluding hydrogens is 330 g/mol. The van der Waals surface area contributed by atoms with E-state index < -0.39 is 0 Å². The van der Waals surface area contributed by atoms with Crippen LogP contribution in [-0.2, 0) is 0 Å². The summed E-state index contributed by atoms with van der Waals surface area (Å²) in [4.78, 5) is 4.67. The minimum Gasteiger partial charge on any atom is -0.237 e. The van der Waals surface area contributed by atoms with Crippen molar-refractivity contribution >= 4 is 49.6 Å². The summed E-state index contributed by atoms with van der Waals surface area (Å²) in [5, 5.41) is 1.05. The highest BCUT2D eigenvalue weighted by atomic mass is 79.9. The highest BCUT2D eigenvalue weighted by molar-refractivity contribution is 9.10. The molecule has 0 bridgehead atoms. The molecule has 2 aromatic carbocycles. The van der Waals surface area contributed by atoms with E-state index in [-0.39, 0.29) is 0 Å². The fourth-order valence-electron chi connectivity index (χ4n) is 2.05. The van der Waals surface area contributed by atoms with Crippen LogP contribution in [0.3, 0.4) is 0 Å². The van der Waals surface area contributed by atoms with E-state index in [1.165, 1.54) is 21.4 Å². The average Bonchev–Trinajstić information content (AvgIpc) is 2.79. The fraction of sp³-hybridized carbons (Fsp3) is 0.118. The van der Waals surface area contributed by atoms with E-state index in [4.69, 9.17) is 0 Å². The smallest absolute Gasteiger partial charge is 0.117 e. The molecule has 0 N–H and O–H groups in total. The summed E-state index contributed by atoms with van der Waals surface area (Å²) in [6, 6.07) is 12.6. The lowest BCUT2D eigenvalue weighted by Crippen LogP contribution is -1.79. The van der Waals surface area contributed by atoms with E-state index in [0.29, 0.717) is 0 Å². The first-order valence-electron chi connectivity index (χ1n) is 6.43. The van der Waals surface area contributed by atoms with Crippen molar-refractivity contribution in [3.63, 3.8) is 0 Å². The first-order chi connectivity index (χ1) is 9.61. The van der Waals surface area contributed by atoms with Crippen molar-refractivity contribution in [2.24, 2.45) is 0 Å². The molecule has 20 heavy (non-hydrogen) atoms. The number of rotatable bonds is 2. The Bertz CT molecular complexity index is 763. The topological polar surface area (TPSA) is 12.9 Å². The summed E-state index contributed by atoms with van der Waals surface area (Å²) in [6.07, 6.45) is 4.18. The van der Waals surface area contributed by atoms with Crippen molar-refractivity contribution in [2.75, 3.05) is 0 Å². The molecule has 0 radical (unpaired) electrons. The molecular formula is C17H14BrNS. The van der Waals surface area contributed by atoms with E-state index >= 15 is 0 Å². The zero-order chi connectivity index (χ0) is 14.1. The van der Waals surface area contributed by atoms with Gasteiger partial charge in [0.15, 0.2) is 0 Å². The number of fused-ring (bicyclic) bond motifs is 1. The van der Waals surface area contributed by atoms with Crippen molar-refractivity contribution in [1.82, 2.24) is 4.98 Å². The summed E-state index contributed by atoms with van der Waals surface area (Å²) in [6.45, 7) is 4.27. The van der Waals surface area contributed by atoms with Gasteiger partial charge in [-0.05, 0) is 60.9 Å². The van der Waals surface area contributed by atoms with Crippen LogP contribution in [-0.4, -0.2) is 4.98 Å². The molecule has 0 spiro atoms. The predicted molar refractivity (Wildman–Crippen MR) is 92.2 cm³/mol. The molecule has 0 saturated heterocycles. The highest BCUT2D eigenvalue weighted by Gasteiger charge is 2.03. The van der Waals surface area contributed by atoms with Crippen LogP contribution >= 0.6 is 27.3 Å². The van der Waals surface area contributed by atoms with Gasteiger partial charge in [-0.1, -0.05) is 34.1 Å². The third kappa shape index (κ3) is 2.84. The maximum Gasteiger partial charge on any atom is 0.117 e. The van der Waals surface area contributed by atoms with Gasteiger partial charge in [0.1, 0.15) is 5.01 Å². The standard InChI is InChI=1S/C17H14BrNS/c1-11-8-15-16(9-12(11)2)20-17(19-15)7-6-13-4-3-5-14(18)10-13/h3-10H,1-2H3. The Morgan fingerprint density at radius 1 is 1.05 bits per heavy atom. The van der Waals surface area contributed by atoms with Gasteiger partial charge in [0.2, 0.25) is 0 Å². The molecule has 0 aliphatic carbocycles. The van der Waals surface area contributed by atoms with Crippen LogP contribution in [0.1, 0.15) is 21.7 Å². The van der Waals surface area contributed by atoms with Crippen LogP contribution in [0.15, 0.2) is 40.9 Å². The van der Waals surface area contributed by atoms with E-state index in [2.05, 4.69) is 71.2 Å². The molecule has 0 saturated carbocycles. The normalized spacial score (nSPS) is 11.6. The molecule has 1 nitrogen and oxygen atoms in total. The molecule has 0 aliphatic heterocycles. The molecule has 100 valence electrons. The molecule has 0 atom stereocenters. The maximum absolute atomic E-state index is 4.67. The van der Waals surface area contributed by atoms with Crippen LogP contribution < -0.4 is 0 Å². The van der Waals surface area contributed by atoms with Gasteiger partial charge in [0.25, 0.3) is 0 Å². The molecule has 0 fully saturated rings. The van der Waals surface area contributed by atoms with Crippen LogP contribution in [0.25, 0.3) is 22.4 Å². The van der Waals surface area contributed by atoms with Gasteiger partial charge in [-0.3, -0.25) is 0 Å². The second kappa shape index (κ2) is 5.51. The Labute approximate surface area is 131 Å². The number of hydrogen-bond donors (Lipinski definition) is 0. The van der Waals surface area contributed by atoms with Crippen LogP contribution in [0.4, 0.5) is 0 Å². The van der Waals surface area contributed by atoms with Crippen LogP contribution in [0.5, 0.6) is 0 Å². The second-order valence-electron chi connectivity index (χ2n) is 4.84. The van der Waals surface area contributed by atoms with Crippen molar-refractivity contribution in [3.05, 3.63) is 62.6 Å².